The second-order valence-corrected chi connectivity index (χ2v) is 3.39. The SMILES string of the molecule is CCOC(=O)c1nc(-c2cc(F)cc(F)c2)n[nH]1. The standard InChI is InChI=1S/C11H9F2N3O2/c1-2-18-11(17)10-14-9(15-16-10)6-3-7(12)5-8(13)4-6/h3-5H,2H2,1H3,(H,14,15,16). The van der Waals surface area contributed by atoms with Crippen LogP contribution in [0.2, 0.25) is 0 Å². The number of aromatic amines is 1. The Morgan fingerprint density at radius 2 is 2.00 bits per heavy atom. The summed E-state index contributed by atoms with van der Waals surface area (Å²) < 4.78 is 30.7. The second-order valence-electron chi connectivity index (χ2n) is 3.39. The zero-order chi connectivity index (χ0) is 13.1. The first kappa shape index (κ1) is 12.2. The number of esters is 1. The summed E-state index contributed by atoms with van der Waals surface area (Å²) in [5.74, 6) is -2.25. The van der Waals surface area contributed by atoms with Crippen LogP contribution in [0.5, 0.6) is 0 Å². The predicted molar refractivity (Wildman–Crippen MR) is 57.7 cm³/mol. The molecule has 0 atom stereocenters. The third-order valence-electron chi connectivity index (χ3n) is 2.07. The Morgan fingerprint density at radius 3 is 2.61 bits per heavy atom. The fourth-order valence-corrected chi connectivity index (χ4v) is 1.36. The van der Waals surface area contributed by atoms with E-state index < -0.39 is 17.6 Å². The molecule has 0 saturated carbocycles. The van der Waals surface area contributed by atoms with E-state index in [1.54, 1.807) is 6.92 Å². The molecule has 0 aliphatic heterocycles. The zero-order valence-electron chi connectivity index (χ0n) is 9.41. The summed E-state index contributed by atoms with van der Waals surface area (Å²) in [6, 6.07) is 2.88. The van der Waals surface area contributed by atoms with Gasteiger partial charge in [0, 0.05) is 11.6 Å². The van der Waals surface area contributed by atoms with Crippen molar-refractivity contribution in [2.75, 3.05) is 6.61 Å². The largest absolute Gasteiger partial charge is 0.460 e. The highest BCUT2D eigenvalue weighted by atomic mass is 19.1. The molecule has 2 rings (SSSR count). The van der Waals surface area contributed by atoms with E-state index in [4.69, 9.17) is 4.74 Å². The summed E-state index contributed by atoms with van der Waals surface area (Å²) >= 11 is 0. The Morgan fingerprint density at radius 1 is 1.33 bits per heavy atom. The van der Waals surface area contributed by atoms with Gasteiger partial charge in [-0.2, -0.15) is 5.10 Å². The highest BCUT2D eigenvalue weighted by Crippen LogP contribution is 2.17. The lowest BCUT2D eigenvalue weighted by atomic mass is 10.2. The molecule has 94 valence electrons. The lowest BCUT2D eigenvalue weighted by molar-refractivity contribution is 0.0512. The van der Waals surface area contributed by atoms with Crippen molar-refractivity contribution < 1.29 is 18.3 Å². The number of aromatic nitrogens is 3. The molecule has 0 saturated heterocycles. The Hall–Kier alpha value is -2.31. The van der Waals surface area contributed by atoms with E-state index >= 15 is 0 Å². The number of nitrogens with zero attached hydrogens (tertiary/aromatic N) is 2. The number of H-pyrrole nitrogens is 1. The molecule has 1 aromatic heterocycles. The van der Waals surface area contributed by atoms with Crippen LogP contribution in [-0.4, -0.2) is 27.8 Å². The summed E-state index contributed by atoms with van der Waals surface area (Å²) in [6.07, 6.45) is 0. The van der Waals surface area contributed by atoms with Gasteiger partial charge in [-0.3, -0.25) is 5.10 Å². The number of rotatable bonds is 3. The summed E-state index contributed by atoms with van der Waals surface area (Å²) in [7, 11) is 0. The first-order valence-corrected chi connectivity index (χ1v) is 5.16. The van der Waals surface area contributed by atoms with Crippen molar-refractivity contribution in [2.45, 2.75) is 6.92 Å². The van der Waals surface area contributed by atoms with Gasteiger partial charge in [-0.25, -0.2) is 18.6 Å². The molecule has 18 heavy (non-hydrogen) atoms. The van der Waals surface area contributed by atoms with E-state index in [0.717, 1.165) is 18.2 Å². The van der Waals surface area contributed by atoms with Crippen LogP contribution in [0.25, 0.3) is 11.4 Å². The summed E-state index contributed by atoms with van der Waals surface area (Å²) in [6.45, 7) is 1.85. The van der Waals surface area contributed by atoms with E-state index in [1.807, 2.05) is 0 Å². The van der Waals surface area contributed by atoms with Gasteiger partial charge >= 0.3 is 5.97 Å². The minimum atomic E-state index is -0.743. The van der Waals surface area contributed by atoms with E-state index in [9.17, 15) is 13.6 Å². The van der Waals surface area contributed by atoms with Crippen molar-refractivity contribution in [1.29, 1.82) is 0 Å². The molecule has 0 aliphatic carbocycles. The van der Waals surface area contributed by atoms with Crippen molar-refractivity contribution in [2.24, 2.45) is 0 Å². The summed E-state index contributed by atoms with van der Waals surface area (Å²) in [4.78, 5) is 15.1. The molecule has 0 radical (unpaired) electrons. The van der Waals surface area contributed by atoms with Gasteiger partial charge in [0.2, 0.25) is 5.82 Å². The number of hydrogen-bond donors (Lipinski definition) is 1. The number of hydrogen-bond acceptors (Lipinski definition) is 4. The predicted octanol–water partition coefficient (Wildman–Crippen LogP) is 1.93. The maximum absolute atomic E-state index is 13.0. The van der Waals surface area contributed by atoms with Crippen molar-refractivity contribution in [3.8, 4) is 11.4 Å². The molecule has 1 aromatic carbocycles. The lowest BCUT2D eigenvalue weighted by Crippen LogP contribution is -2.06. The second kappa shape index (κ2) is 4.91. The first-order valence-electron chi connectivity index (χ1n) is 5.16. The Balaban J connectivity index is 2.32. The normalized spacial score (nSPS) is 10.4. The molecule has 0 fully saturated rings. The van der Waals surface area contributed by atoms with Crippen LogP contribution in [-0.2, 0) is 4.74 Å². The summed E-state index contributed by atoms with van der Waals surface area (Å²) in [5.41, 5.74) is 0.138. The number of ether oxygens (including phenoxy) is 1. The van der Waals surface area contributed by atoms with E-state index in [2.05, 4.69) is 15.2 Å². The van der Waals surface area contributed by atoms with Crippen LogP contribution in [0.15, 0.2) is 18.2 Å². The molecular weight excluding hydrogens is 244 g/mol. The molecular formula is C11H9F2N3O2. The smallest absolute Gasteiger partial charge is 0.375 e. The minimum absolute atomic E-state index is 0.0245. The van der Waals surface area contributed by atoms with E-state index in [-0.39, 0.29) is 23.8 Å². The first-order chi connectivity index (χ1) is 8.60. The van der Waals surface area contributed by atoms with Gasteiger partial charge < -0.3 is 4.74 Å². The van der Waals surface area contributed by atoms with Crippen molar-refractivity contribution in [1.82, 2.24) is 15.2 Å². The summed E-state index contributed by atoms with van der Waals surface area (Å²) in [5, 5.41) is 6.05. The molecule has 0 amide bonds. The third kappa shape index (κ3) is 2.50. The fourth-order valence-electron chi connectivity index (χ4n) is 1.36. The highest BCUT2D eigenvalue weighted by molar-refractivity contribution is 5.85. The number of nitrogens with one attached hydrogen (secondary N) is 1. The molecule has 1 heterocycles. The van der Waals surface area contributed by atoms with Crippen LogP contribution in [0, 0.1) is 11.6 Å². The van der Waals surface area contributed by atoms with Gasteiger partial charge in [-0.1, -0.05) is 0 Å². The van der Waals surface area contributed by atoms with Gasteiger partial charge in [0.15, 0.2) is 5.82 Å². The minimum Gasteiger partial charge on any atom is -0.460 e. The van der Waals surface area contributed by atoms with Gasteiger partial charge in [0.05, 0.1) is 6.61 Å². The average molecular weight is 253 g/mol. The van der Waals surface area contributed by atoms with Crippen LogP contribution in [0.1, 0.15) is 17.5 Å². The van der Waals surface area contributed by atoms with E-state index in [0.29, 0.717) is 0 Å². The average Bonchev–Trinajstić information content (AvgIpc) is 2.77. The quantitative estimate of drug-likeness (QED) is 0.848. The molecule has 0 spiro atoms. The van der Waals surface area contributed by atoms with Crippen LogP contribution >= 0.6 is 0 Å². The number of carbonyl (C=O) groups is 1. The van der Waals surface area contributed by atoms with Gasteiger partial charge in [-0.15, -0.1) is 0 Å². The molecule has 0 bridgehead atoms. The highest BCUT2D eigenvalue weighted by Gasteiger charge is 2.14. The number of carbonyl (C=O) groups excluding carboxylic acids is 1. The monoisotopic (exact) mass is 253 g/mol. The molecule has 0 unspecified atom stereocenters. The number of halogens is 2. The maximum Gasteiger partial charge on any atom is 0.375 e. The Bertz CT molecular complexity index is 563. The van der Waals surface area contributed by atoms with Gasteiger partial charge in [0.25, 0.3) is 0 Å². The zero-order valence-corrected chi connectivity index (χ0v) is 9.41. The molecule has 1 N–H and O–H groups in total. The van der Waals surface area contributed by atoms with Crippen molar-refractivity contribution in [3.05, 3.63) is 35.7 Å². The molecule has 5 nitrogen and oxygen atoms in total. The maximum atomic E-state index is 13.0. The Kier molecular flexibility index (Phi) is 3.31. The van der Waals surface area contributed by atoms with Gasteiger partial charge in [-0.05, 0) is 19.1 Å². The van der Waals surface area contributed by atoms with E-state index in [1.165, 1.54) is 0 Å². The fraction of sp³-hybridized carbons (Fsp3) is 0.182. The molecule has 0 aliphatic rings. The van der Waals surface area contributed by atoms with Crippen molar-refractivity contribution >= 4 is 5.97 Å². The topological polar surface area (TPSA) is 67.9 Å². The van der Waals surface area contributed by atoms with Crippen LogP contribution in [0.4, 0.5) is 8.78 Å². The van der Waals surface area contributed by atoms with Crippen LogP contribution in [0.3, 0.4) is 0 Å². The molecule has 7 heteroatoms. The lowest BCUT2D eigenvalue weighted by Gasteiger charge is -1.96. The van der Waals surface area contributed by atoms with Gasteiger partial charge in [0.1, 0.15) is 11.6 Å². The Labute approximate surface area is 101 Å². The molecule has 2 aromatic rings. The third-order valence-corrected chi connectivity index (χ3v) is 2.07. The number of benzene rings is 1. The van der Waals surface area contributed by atoms with Crippen molar-refractivity contribution in [3.63, 3.8) is 0 Å². The van der Waals surface area contributed by atoms with Crippen LogP contribution < -0.4 is 0 Å².